The zero-order chi connectivity index (χ0) is 18.1. The minimum absolute atomic E-state index is 0. The van der Waals surface area contributed by atoms with Crippen molar-refractivity contribution in [3.63, 3.8) is 0 Å². The summed E-state index contributed by atoms with van der Waals surface area (Å²) < 4.78 is 0. The van der Waals surface area contributed by atoms with E-state index in [0.29, 0.717) is 31.2 Å². The lowest BCUT2D eigenvalue weighted by molar-refractivity contribution is 0.0955. The van der Waals surface area contributed by atoms with Gasteiger partial charge in [0.25, 0.3) is 5.91 Å². The molecule has 1 aromatic heterocycles. The van der Waals surface area contributed by atoms with Crippen molar-refractivity contribution >= 4 is 47.2 Å². The van der Waals surface area contributed by atoms with Crippen LogP contribution >= 0.6 is 35.3 Å². The van der Waals surface area contributed by atoms with Gasteiger partial charge in [-0.1, -0.05) is 19.1 Å². The van der Waals surface area contributed by atoms with Gasteiger partial charge in [0.2, 0.25) is 0 Å². The number of aromatic nitrogens is 1. The molecule has 0 saturated heterocycles. The largest absolute Gasteiger partial charge is 0.352 e. The Balaban J connectivity index is 0.00000338. The van der Waals surface area contributed by atoms with Crippen LogP contribution in [0.4, 0.5) is 0 Å². The lowest BCUT2D eigenvalue weighted by Gasteiger charge is -2.11. The standard InChI is InChI=1S/C18H25N5OS.HI/c1-4-15-11-21-16(25-15)12-23-18(19-3)22-10-13-7-6-8-14(9-13)17(24)20-5-2;/h6-9,11H,4-5,10,12H2,1-3H3,(H,20,24)(H2,19,22,23);1H. The van der Waals surface area contributed by atoms with Crippen molar-refractivity contribution < 1.29 is 4.79 Å². The Labute approximate surface area is 175 Å². The highest BCUT2D eigenvalue weighted by atomic mass is 127. The van der Waals surface area contributed by atoms with Crippen molar-refractivity contribution in [3.05, 3.63) is 51.5 Å². The summed E-state index contributed by atoms with van der Waals surface area (Å²) in [7, 11) is 1.74. The maximum Gasteiger partial charge on any atom is 0.251 e. The lowest BCUT2D eigenvalue weighted by atomic mass is 10.1. The molecule has 0 radical (unpaired) electrons. The number of nitrogens with zero attached hydrogens (tertiary/aromatic N) is 2. The van der Waals surface area contributed by atoms with E-state index in [9.17, 15) is 4.79 Å². The van der Waals surface area contributed by atoms with Crippen LogP contribution in [0.1, 0.15) is 39.7 Å². The van der Waals surface area contributed by atoms with Crippen LogP contribution in [0.15, 0.2) is 35.5 Å². The monoisotopic (exact) mass is 487 g/mol. The van der Waals surface area contributed by atoms with Crippen LogP contribution in [-0.4, -0.2) is 30.4 Å². The molecule has 0 saturated carbocycles. The Morgan fingerprint density at radius 3 is 2.62 bits per heavy atom. The second-order valence-corrected chi connectivity index (χ2v) is 6.61. The molecule has 1 amide bonds. The first-order valence-electron chi connectivity index (χ1n) is 8.41. The van der Waals surface area contributed by atoms with Crippen LogP contribution in [0.5, 0.6) is 0 Å². The van der Waals surface area contributed by atoms with E-state index in [-0.39, 0.29) is 29.9 Å². The number of guanidine groups is 1. The molecule has 1 aromatic carbocycles. The number of halogens is 1. The van der Waals surface area contributed by atoms with Gasteiger partial charge in [0.15, 0.2) is 5.96 Å². The van der Waals surface area contributed by atoms with Crippen molar-refractivity contribution in [2.45, 2.75) is 33.4 Å². The van der Waals surface area contributed by atoms with Gasteiger partial charge in [-0.05, 0) is 31.0 Å². The summed E-state index contributed by atoms with van der Waals surface area (Å²) in [6, 6.07) is 7.58. The Kier molecular flexibility index (Phi) is 10.2. The number of carbonyl (C=O) groups excluding carboxylic acids is 1. The van der Waals surface area contributed by atoms with Gasteiger partial charge >= 0.3 is 0 Å². The van der Waals surface area contributed by atoms with E-state index in [4.69, 9.17) is 0 Å². The average Bonchev–Trinajstić information content (AvgIpc) is 3.10. The van der Waals surface area contributed by atoms with Gasteiger partial charge in [0.1, 0.15) is 5.01 Å². The van der Waals surface area contributed by atoms with Crippen LogP contribution in [-0.2, 0) is 19.5 Å². The molecule has 142 valence electrons. The fourth-order valence-electron chi connectivity index (χ4n) is 2.24. The van der Waals surface area contributed by atoms with Gasteiger partial charge in [-0.3, -0.25) is 9.79 Å². The summed E-state index contributed by atoms with van der Waals surface area (Å²) in [4.78, 5) is 21.8. The maximum absolute atomic E-state index is 11.9. The van der Waals surface area contributed by atoms with E-state index in [1.807, 2.05) is 37.4 Å². The quantitative estimate of drug-likeness (QED) is 0.319. The second-order valence-electron chi connectivity index (χ2n) is 5.41. The van der Waals surface area contributed by atoms with Crippen molar-refractivity contribution in [1.29, 1.82) is 0 Å². The first-order chi connectivity index (χ1) is 12.2. The Morgan fingerprint density at radius 2 is 1.96 bits per heavy atom. The number of aryl methyl sites for hydroxylation is 1. The summed E-state index contributed by atoms with van der Waals surface area (Å²) in [5.41, 5.74) is 1.69. The highest BCUT2D eigenvalue weighted by molar-refractivity contribution is 14.0. The SMILES string of the molecule is CCNC(=O)c1cccc(CNC(=NC)NCc2ncc(CC)s2)c1.I. The van der Waals surface area contributed by atoms with Crippen LogP contribution in [0.2, 0.25) is 0 Å². The van der Waals surface area contributed by atoms with Crippen molar-refractivity contribution in [1.82, 2.24) is 20.9 Å². The minimum Gasteiger partial charge on any atom is -0.352 e. The molecule has 0 atom stereocenters. The molecule has 0 aliphatic rings. The molecule has 1 heterocycles. The van der Waals surface area contributed by atoms with Gasteiger partial charge in [-0.2, -0.15) is 0 Å². The molecule has 0 fully saturated rings. The third-order valence-corrected chi connectivity index (χ3v) is 4.71. The molecular weight excluding hydrogens is 461 g/mol. The first kappa shape index (κ1) is 22.4. The number of aliphatic imine (C=N–C) groups is 1. The molecule has 3 N–H and O–H groups in total. The predicted molar refractivity (Wildman–Crippen MR) is 118 cm³/mol. The summed E-state index contributed by atoms with van der Waals surface area (Å²) in [5, 5.41) is 10.4. The predicted octanol–water partition coefficient (Wildman–Crippen LogP) is 2.94. The van der Waals surface area contributed by atoms with E-state index in [2.05, 4.69) is 32.9 Å². The van der Waals surface area contributed by atoms with E-state index < -0.39 is 0 Å². The van der Waals surface area contributed by atoms with Crippen LogP contribution in [0.3, 0.4) is 0 Å². The smallest absolute Gasteiger partial charge is 0.251 e. The summed E-state index contributed by atoms with van der Waals surface area (Å²) in [5.74, 6) is 0.652. The van der Waals surface area contributed by atoms with Crippen molar-refractivity contribution in [3.8, 4) is 0 Å². The topological polar surface area (TPSA) is 78.4 Å². The van der Waals surface area contributed by atoms with Crippen molar-refractivity contribution in [2.24, 2.45) is 4.99 Å². The van der Waals surface area contributed by atoms with Gasteiger partial charge in [-0.25, -0.2) is 4.98 Å². The number of hydrogen-bond acceptors (Lipinski definition) is 4. The molecule has 0 aliphatic carbocycles. The normalized spacial score (nSPS) is 10.8. The third kappa shape index (κ3) is 6.91. The molecule has 2 rings (SSSR count). The number of rotatable bonds is 7. The first-order valence-corrected chi connectivity index (χ1v) is 9.23. The third-order valence-electron chi connectivity index (χ3n) is 3.57. The van der Waals surface area contributed by atoms with Gasteiger partial charge in [-0.15, -0.1) is 35.3 Å². The number of thiazole rings is 1. The van der Waals surface area contributed by atoms with Gasteiger partial charge in [0.05, 0.1) is 6.54 Å². The van der Waals surface area contributed by atoms with E-state index in [1.165, 1.54) is 4.88 Å². The van der Waals surface area contributed by atoms with Crippen molar-refractivity contribution in [2.75, 3.05) is 13.6 Å². The highest BCUT2D eigenvalue weighted by Crippen LogP contribution is 2.12. The molecule has 2 aromatic rings. The maximum atomic E-state index is 11.9. The van der Waals surface area contributed by atoms with Gasteiger partial charge in [0, 0.05) is 36.8 Å². The highest BCUT2D eigenvalue weighted by Gasteiger charge is 2.06. The number of hydrogen-bond donors (Lipinski definition) is 3. The Bertz CT molecular complexity index is 732. The molecule has 0 bridgehead atoms. The van der Waals surface area contributed by atoms with Crippen LogP contribution in [0.25, 0.3) is 0 Å². The van der Waals surface area contributed by atoms with E-state index >= 15 is 0 Å². The Hall–Kier alpha value is -1.68. The number of benzene rings is 1. The molecule has 0 spiro atoms. The average molecular weight is 487 g/mol. The fourth-order valence-corrected chi connectivity index (χ4v) is 3.05. The van der Waals surface area contributed by atoms with Crippen LogP contribution < -0.4 is 16.0 Å². The lowest BCUT2D eigenvalue weighted by Crippen LogP contribution is -2.36. The molecule has 0 unspecified atom stereocenters. The number of nitrogens with one attached hydrogen (secondary N) is 3. The number of carbonyl (C=O) groups is 1. The zero-order valence-electron chi connectivity index (χ0n) is 15.3. The van der Waals surface area contributed by atoms with E-state index in [1.54, 1.807) is 18.4 Å². The number of amides is 1. The Morgan fingerprint density at radius 1 is 1.19 bits per heavy atom. The fraction of sp³-hybridized carbons (Fsp3) is 0.389. The summed E-state index contributed by atoms with van der Waals surface area (Å²) in [6.45, 7) is 5.88. The molecule has 26 heavy (non-hydrogen) atoms. The zero-order valence-corrected chi connectivity index (χ0v) is 18.5. The molecule has 8 heteroatoms. The minimum atomic E-state index is -0.0534. The van der Waals surface area contributed by atoms with Crippen LogP contribution in [0, 0.1) is 0 Å². The molecular formula is C18H26IN5OS. The van der Waals surface area contributed by atoms with Gasteiger partial charge < -0.3 is 16.0 Å². The summed E-state index contributed by atoms with van der Waals surface area (Å²) >= 11 is 1.71. The molecule has 0 aliphatic heterocycles. The van der Waals surface area contributed by atoms with E-state index in [0.717, 1.165) is 17.0 Å². The summed E-state index contributed by atoms with van der Waals surface area (Å²) in [6.07, 6.45) is 2.93. The molecule has 6 nitrogen and oxygen atoms in total. The second kappa shape index (κ2) is 11.8.